The molecule has 4 N–H and O–H groups in total. The molecule has 2 aromatic heterocycles. The van der Waals surface area contributed by atoms with Gasteiger partial charge in [-0.2, -0.15) is 0 Å². The maximum atomic E-state index is 10.6. The number of pyridine rings is 1. The lowest BCUT2D eigenvalue weighted by Gasteiger charge is -2.07. The summed E-state index contributed by atoms with van der Waals surface area (Å²) < 4.78 is 7.41. The Morgan fingerprint density at radius 3 is 2.71 bits per heavy atom. The van der Waals surface area contributed by atoms with Crippen LogP contribution in [-0.4, -0.2) is 20.6 Å². The van der Waals surface area contributed by atoms with Gasteiger partial charge < -0.3 is 15.6 Å². The number of aromatic nitrogens is 2. The highest BCUT2D eigenvalue weighted by molar-refractivity contribution is 5.81. The normalized spacial score (nSPS) is 10.5. The van der Waals surface area contributed by atoms with E-state index in [4.69, 9.17) is 15.6 Å². The summed E-state index contributed by atoms with van der Waals surface area (Å²) in [7, 11) is 0. The number of fused-ring (bicyclic) bond motifs is 1. The van der Waals surface area contributed by atoms with Gasteiger partial charge in [-0.3, -0.25) is 9.72 Å². The minimum absolute atomic E-state index is 0.232. The lowest BCUT2D eigenvalue weighted by molar-refractivity contribution is 0.209. The fourth-order valence-corrected chi connectivity index (χ4v) is 1.90. The molecule has 21 heavy (non-hydrogen) atoms. The second kappa shape index (κ2) is 5.04. The Balaban J connectivity index is 1.96. The third-order valence-electron chi connectivity index (χ3n) is 2.79. The molecule has 3 aromatic rings. The Kier molecular flexibility index (Phi) is 3.07. The van der Waals surface area contributed by atoms with Crippen molar-refractivity contribution < 1.29 is 14.6 Å². The lowest BCUT2D eigenvalue weighted by atomic mass is 10.3. The molecule has 0 saturated carbocycles. The molecule has 0 radical (unpaired) electrons. The van der Waals surface area contributed by atoms with Gasteiger partial charge in [0.25, 0.3) is 0 Å². The summed E-state index contributed by atoms with van der Waals surface area (Å²) in [5.41, 5.74) is 6.85. The molecule has 0 aliphatic carbocycles. The van der Waals surface area contributed by atoms with Crippen LogP contribution in [0, 0.1) is 0 Å². The topological polar surface area (TPSA) is 102 Å². The molecule has 7 nitrogen and oxygen atoms in total. The molecule has 0 aliphatic heterocycles. The van der Waals surface area contributed by atoms with Crippen LogP contribution in [0.1, 0.15) is 0 Å². The molecule has 0 aliphatic rings. The van der Waals surface area contributed by atoms with Gasteiger partial charge in [0.2, 0.25) is 5.88 Å². The van der Waals surface area contributed by atoms with Crippen molar-refractivity contribution in [3.8, 4) is 11.6 Å². The number of nitrogens with two attached hydrogens (primary N) is 1. The third kappa shape index (κ3) is 2.71. The van der Waals surface area contributed by atoms with E-state index in [0.29, 0.717) is 23.0 Å². The highest BCUT2D eigenvalue weighted by atomic mass is 16.5. The quantitative estimate of drug-likeness (QED) is 0.642. The highest BCUT2D eigenvalue weighted by Gasteiger charge is 2.08. The number of benzene rings is 1. The molecule has 0 spiro atoms. The average Bonchev–Trinajstić information content (AvgIpc) is 2.84. The van der Waals surface area contributed by atoms with Crippen LogP contribution < -0.4 is 15.8 Å². The summed E-state index contributed by atoms with van der Waals surface area (Å²) in [6.45, 7) is 0. The summed E-state index contributed by atoms with van der Waals surface area (Å²) in [5.74, 6) is 1.37. The lowest BCUT2D eigenvalue weighted by Crippen LogP contribution is -2.07. The van der Waals surface area contributed by atoms with Gasteiger partial charge in [-0.15, -0.1) is 0 Å². The van der Waals surface area contributed by atoms with E-state index in [1.165, 1.54) is 0 Å². The zero-order valence-electron chi connectivity index (χ0n) is 10.9. The number of imidazole rings is 1. The number of anilines is 2. The smallest absolute Gasteiger partial charge is 0.410 e. The highest BCUT2D eigenvalue weighted by Crippen LogP contribution is 2.24. The summed E-state index contributed by atoms with van der Waals surface area (Å²) in [5, 5.41) is 10.9. The largest absolute Gasteiger partial charge is 0.465 e. The van der Waals surface area contributed by atoms with Crippen LogP contribution >= 0.6 is 0 Å². The van der Waals surface area contributed by atoms with Crippen molar-refractivity contribution in [2.24, 2.45) is 0 Å². The predicted molar refractivity (Wildman–Crippen MR) is 77.8 cm³/mol. The van der Waals surface area contributed by atoms with Crippen LogP contribution in [0.25, 0.3) is 5.65 Å². The van der Waals surface area contributed by atoms with Crippen molar-refractivity contribution in [1.29, 1.82) is 0 Å². The van der Waals surface area contributed by atoms with Crippen molar-refractivity contribution in [3.05, 3.63) is 48.7 Å². The number of nitrogen functional groups attached to an aromatic ring is 1. The molecule has 106 valence electrons. The van der Waals surface area contributed by atoms with E-state index >= 15 is 0 Å². The number of hydrogen-bond acceptors (Lipinski definition) is 4. The molecular weight excluding hydrogens is 272 g/mol. The summed E-state index contributed by atoms with van der Waals surface area (Å²) in [6.07, 6.45) is 0.384. The first-order valence-electron chi connectivity index (χ1n) is 6.13. The zero-order chi connectivity index (χ0) is 14.8. The molecule has 3 rings (SSSR count). The van der Waals surface area contributed by atoms with Crippen LogP contribution in [0.3, 0.4) is 0 Å². The molecule has 0 saturated heterocycles. The van der Waals surface area contributed by atoms with E-state index in [-0.39, 0.29) is 5.82 Å². The Hall–Kier alpha value is -3.22. The molecule has 1 aromatic carbocycles. The first kappa shape index (κ1) is 12.8. The van der Waals surface area contributed by atoms with Gasteiger partial charge in [0, 0.05) is 5.69 Å². The van der Waals surface area contributed by atoms with Crippen LogP contribution in [0.4, 0.5) is 16.3 Å². The number of ether oxygens (including phenoxy) is 1. The van der Waals surface area contributed by atoms with Crippen molar-refractivity contribution in [3.63, 3.8) is 0 Å². The third-order valence-corrected chi connectivity index (χ3v) is 2.79. The first-order chi connectivity index (χ1) is 10.1. The van der Waals surface area contributed by atoms with Gasteiger partial charge >= 0.3 is 6.09 Å². The van der Waals surface area contributed by atoms with Crippen molar-refractivity contribution in [1.82, 2.24) is 9.38 Å². The SMILES string of the molecule is Nc1ccc(Oc2cccc3nc(NC(=O)O)cn23)cc1. The predicted octanol–water partition coefficient (Wildman–Crippen LogP) is 2.80. The number of carboxylic acid groups (broad SMARTS) is 1. The minimum Gasteiger partial charge on any atom is -0.465 e. The molecule has 1 amide bonds. The van der Waals surface area contributed by atoms with Gasteiger partial charge in [0.1, 0.15) is 11.4 Å². The van der Waals surface area contributed by atoms with Crippen LogP contribution in [-0.2, 0) is 0 Å². The standard InChI is InChI=1S/C14H12N4O3/c15-9-4-6-10(7-5-9)21-13-3-1-2-12-16-11(8-18(12)13)17-14(19)20/h1-8,17H,15H2,(H,19,20). The molecule has 0 bridgehead atoms. The van der Waals surface area contributed by atoms with Gasteiger partial charge in [-0.1, -0.05) is 6.07 Å². The maximum Gasteiger partial charge on any atom is 0.410 e. The van der Waals surface area contributed by atoms with E-state index in [0.717, 1.165) is 0 Å². The van der Waals surface area contributed by atoms with Gasteiger partial charge in [-0.25, -0.2) is 9.78 Å². The van der Waals surface area contributed by atoms with Gasteiger partial charge in [-0.05, 0) is 36.4 Å². The Morgan fingerprint density at radius 1 is 1.24 bits per heavy atom. The number of nitrogens with zero attached hydrogens (tertiary/aromatic N) is 2. The number of carbonyl (C=O) groups is 1. The summed E-state index contributed by atoms with van der Waals surface area (Å²) in [4.78, 5) is 14.8. The van der Waals surface area contributed by atoms with Gasteiger partial charge in [0.05, 0.1) is 6.20 Å². The molecule has 7 heteroatoms. The Labute approximate surface area is 119 Å². The Bertz CT molecular complexity index is 796. The maximum absolute atomic E-state index is 10.6. The van der Waals surface area contributed by atoms with Crippen LogP contribution in [0.5, 0.6) is 11.6 Å². The second-order valence-electron chi connectivity index (χ2n) is 4.32. The van der Waals surface area contributed by atoms with Gasteiger partial charge in [0.15, 0.2) is 5.82 Å². The van der Waals surface area contributed by atoms with E-state index in [1.54, 1.807) is 53.1 Å². The summed E-state index contributed by atoms with van der Waals surface area (Å²) in [6, 6.07) is 12.3. The van der Waals surface area contributed by atoms with E-state index in [2.05, 4.69) is 10.3 Å². The monoisotopic (exact) mass is 284 g/mol. The minimum atomic E-state index is -1.17. The average molecular weight is 284 g/mol. The fraction of sp³-hybridized carbons (Fsp3) is 0. The number of rotatable bonds is 3. The number of hydrogen-bond donors (Lipinski definition) is 3. The van der Waals surface area contributed by atoms with E-state index < -0.39 is 6.09 Å². The zero-order valence-corrected chi connectivity index (χ0v) is 10.9. The van der Waals surface area contributed by atoms with E-state index in [9.17, 15) is 4.79 Å². The van der Waals surface area contributed by atoms with Crippen molar-refractivity contribution in [2.45, 2.75) is 0 Å². The van der Waals surface area contributed by atoms with E-state index in [1.807, 2.05) is 0 Å². The summed E-state index contributed by atoms with van der Waals surface area (Å²) >= 11 is 0. The molecule has 0 fully saturated rings. The van der Waals surface area contributed by atoms with Crippen molar-refractivity contribution in [2.75, 3.05) is 11.1 Å². The number of amides is 1. The first-order valence-corrected chi connectivity index (χ1v) is 6.13. The molecule has 0 atom stereocenters. The van der Waals surface area contributed by atoms with Crippen molar-refractivity contribution >= 4 is 23.2 Å². The second-order valence-corrected chi connectivity index (χ2v) is 4.32. The molecular formula is C14H12N4O3. The number of nitrogens with one attached hydrogen (secondary N) is 1. The fourth-order valence-electron chi connectivity index (χ4n) is 1.90. The van der Waals surface area contributed by atoms with Crippen LogP contribution in [0.15, 0.2) is 48.7 Å². The van der Waals surface area contributed by atoms with Crippen LogP contribution in [0.2, 0.25) is 0 Å². The molecule has 2 heterocycles. The molecule has 0 unspecified atom stereocenters. The Morgan fingerprint density at radius 2 is 2.00 bits per heavy atom.